The largest absolute Gasteiger partial charge is 0.466 e. The van der Waals surface area contributed by atoms with Crippen LogP contribution in [0.4, 0.5) is 0 Å². The second kappa shape index (κ2) is 66.6. The zero-order valence-electron chi connectivity index (χ0n) is 52.0. The molecule has 2 unspecified atom stereocenters. The standard InChI is InChI=1S/C71H135NO5/c1-3-5-7-9-11-13-15-17-19-21-23-24-25-26-28-31-35-39-43-47-51-55-59-63-69(74)68(67-73)72-70(75)64-60-56-52-48-44-40-36-32-29-27-30-34-38-42-46-50-54-58-62-66-77-71(76)65-61-57-53-49-45-41-37-33-22-20-18-16-14-12-10-8-6-4-2/h14,16,20,22,27,29,68-69,73-74H,3-13,15,17-19,21,23-26,28,30-67H2,1-2H3,(H,72,75)/b16-14-,22-20-,29-27-. The number of aliphatic hydroxyl groups excluding tert-OH is 2. The van der Waals surface area contributed by atoms with Crippen molar-refractivity contribution in [2.45, 2.75) is 392 Å². The molecule has 0 aliphatic rings. The second-order valence-electron chi connectivity index (χ2n) is 23.9. The molecule has 0 aliphatic carbocycles. The van der Waals surface area contributed by atoms with Crippen molar-refractivity contribution in [1.29, 1.82) is 0 Å². The van der Waals surface area contributed by atoms with Gasteiger partial charge in [-0.3, -0.25) is 9.59 Å². The third kappa shape index (κ3) is 63.1. The molecule has 0 saturated heterocycles. The fraction of sp³-hybridized carbons (Fsp3) is 0.887. The Hall–Kier alpha value is -1.92. The summed E-state index contributed by atoms with van der Waals surface area (Å²) in [6, 6.07) is -0.551. The maximum absolute atomic E-state index is 12.5. The fourth-order valence-electron chi connectivity index (χ4n) is 10.8. The van der Waals surface area contributed by atoms with Gasteiger partial charge in [0.2, 0.25) is 5.91 Å². The Balaban J connectivity index is 3.43. The van der Waals surface area contributed by atoms with Crippen LogP contribution in [0.5, 0.6) is 0 Å². The highest BCUT2D eigenvalue weighted by atomic mass is 16.5. The minimum Gasteiger partial charge on any atom is -0.466 e. The summed E-state index contributed by atoms with van der Waals surface area (Å²) in [6.07, 6.45) is 84.6. The van der Waals surface area contributed by atoms with Crippen molar-refractivity contribution >= 4 is 11.9 Å². The van der Waals surface area contributed by atoms with Crippen molar-refractivity contribution < 1.29 is 24.5 Å². The number of unbranched alkanes of at least 4 members (excludes halogenated alkanes) is 48. The molecule has 6 nitrogen and oxygen atoms in total. The number of esters is 1. The average molecular weight is 1080 g/mol. The number of carbonyl (C=O) groups excluding carboxylic acids is 2. The lowest BCUT2D eigenvalue weighted by Crippen LogP contribution is -2.45. The molecule has 0 saturated carbocycles. The van der Waals surface area contributed by atoms with E-state index < -0.39 is 12.1 Å². The van der Waals surface area contributed by atoms with Crippen LogP contribution in [-0.4, -0.2) is 47.4 Å². The summed E-state index contributed by atoms with van der Waals surface area (Å²) in [5.41, 5.74) is 0. The van der Waals surface area contributed by atoms with E-state index in [1.165, 1.54) is 295 Å². The monoisotopic (exact) mass is 1080 g/mol. The summed E-state index contributed by atoms with van der Waals surface area (Å²) < 4.78 is 5.49. The van der Waals surface area contributed by atoms with Gasteiger partial charge in [0, 0.05) is 12.8 Å². The molecule has 0 spiro atoms. The number of carbonyl (C=O) groups is 2. The van der Waals surface area contributed by atoms with E-state index in [0.29, 0.717) is 25.9 Å². The highest BCUT2D eigenvalue weighted by Crippen LogP contribution is 2.18. The van der Waals surface area contributed by atoms with Crippen LogP contribution in [0.15, 0.2) is 36.5 Å². The topological polar surface area (TPSA) is 95.9 Å². The first-order chi connectivity index (χ1) is 38.0. The molecule has 2 atom stereocenters. The third-order valence-corrected chi connectivity index (χ3v) is 16.2. The molecule has 0 aliphatic heterocycles. The molecule has 0 aromatic rings. The van der Waals surface area contributed by atoms with E-state index in [1.54, 1.807) is 0 Å². The minimum absolute atomic E-state index is 0.00259. The van der Waals surface area contributed by atoms with E-state index in [0.717, 1.165) is 51.4 Å². The van der Waals surface area contributed by atoms with Crippen LogP contribution in [0.2, 0.25) is 0 Å². The van der Waals surface area contributed by atoms with E-state index in [-0.39, 0.29) is 18.5 Å². The summed E-state index contributed by atoms with van der Waals surface area (Å²) in [5.74, 6) is -0.0436. The Morgan fingerprint density at radius 3 is 1.01 bits per heavy atom. The first-order valence-electron chi connectivity index (χ1n) is 34.7. The maximum Gasteiger partial charge on any atom is 0.305 e. The zero-order chi connectivity index (χ0) is 55.7. The summed E-state index contributed by atoms with van der Waals surface area (Å²) in [4.78, 5) is 24.6. The molecule has 0 radical (unpaired) electrons. The summed E-state index contributed by atoms with van der Waals surface area (Å²) >= 11 is 0. The van der Waals surface area contributed by atoms with Gasteiger partial charge >= 0.3 is 5.97 Å². The van der Waals surface area contributed by atoms with Crippen LogP contribution in [0.1, 0.15) is 380 Å². The van der Waals surface area contributed by atoms with Crippen molar-refractivity contribution in [2.24, 2.45) is 0 Å². The highest BCUT2D eigenvalue weighted by Gasteiger charge is 2.20. The molecule has 0 heterocycles. The normalized spacial score (nSPS) is 12.7. The minimum atomic E-state index is -0.673. The van der Waals surface area contributed by atoms with Gasteiger partial charge in [-0.05, 0) is 83.5 Å². The van der Waals surface area contributed by atoms with Crippen LogP contribution in [0.3, 0.4) is 0 Å². The number of ether oxygens (including phenoxy) is 1. The smallest absolute Gasteiger partial charge is 0.305 e. The van der Waals surface area contributed by atoms with Crippen LogP contribution < -0.4 is 5.32 Å². The SMILES string of the molecule is CCCCCC/C=C\C/C=C\CCCCCCCCCC(=O)OCCCCCCCCCC/C=C\CCCCCCCCCC(=O)NC(CO)C(O)CCCCCCCCCCCCCCCCCCCCCCCCC. The van der Waals surface area contributed by atoms with Gasteiger partial charge in [0.1, 0.15) is 0 Å². The number of aliphatic hydroxyl groups is 2. The first-order valence-corrected chi connectivity index (χ1v) is 34.7. The molecule has 3 N–H and O–H groups in total. The predicted molar refractivity (Wildman–Crippen MR) is 338 cm³/mol. The van der Waals surface area contributed by atoms with Crippen LogP contribution in [-0.2, 0) is 14.3 Å². The van der Waals surface area contributed by atoms with Crippen molar-refractivity contribution in [3.8, 4) is 0 Å². The second-order valence-corrected chi connectivity index (χ2v) is 23.9. The quantitative estimate of drug-likeness (QED) is 0.0320. The number of hydrogen-bond acceptors (Lipinski definition) is 5. The first kappa shape index (κ1) is 75.1. The van der Waals surface area contributed by atoms with Gasteiger partial charge < -0.3 is 20.3 Å². The Morgan fingerprint density at radius 1 is 0.364 bits per heavy atom. The van der Waals surface area contributed by atoms with Gasteiger partial charge in [0.15, 0.2) is 0 Å². The molecule has 454 valence electrons. The zero-order valence-corrected chi connectivity index (χ0v) is 52.0. The molecule has 0 aromatic heterocycles. The number of rotatable bonds is 65. The van der Waals surface area contributed by atoms with Crippen molar-refractivity contribution in [3.05, 3.63) is 36.5 Å². The molecule has 6 heteroatoms. The number of allylic oxidation sites excluding steroid dienone is 6. The molecular formula is C71H135NO5. The lowest BCUT2D eigenvalue weighted by Gasteiger charge is -2.22. The molecule has 0 rings (SSSR count). The van der Waals surface area contributed by atoms with E-state index in [9.17, 15) is 19.8 Å². The molecule has 0 bridgehead atoms. The van der Waals surface area contributed by atoms with E-state index in [4.69, 9.17) is 4.74 Å². The number of hydrogen-bond donors (Lipinski definition) is 3. The van der Waals surface area contributed by atoms with Crippen LogP contribution in [0, 0.1) is 0 Å². The molecule has 1 amide bonds. The summed E-state index contributed by atoms with van der Waals surface area (Å²) in [7, 11) is 0. The third-order valence-electron chi connectivity index (χ3n) is 16.2. The van der Waals surface area contributed by atoms with E-state index in [1.807, 2.05) is 0 Å². The predicted octanol–water partition coefficient (Wildman–Crippen LogP) is 22.3. The highest BCUT2D eigenvalue weighted by molar-refractivity contribution is 5.76. The van der Waals surface area contributed by atoms with Crippen molar-refractivity contribution in [1.82, 2.24) is 5.32 Å². The Morgan fingerprint density at radius 2 is 0.649 bits per heavy atom. The van der Waals surface area contributed by atoms with Gasteiger partial charge in [-0.15, -0.1) is 0 Å². The molecule has 77 heavy (non-hydrogen) atoms. The molecule has 0 fully saturated rings. The van der Waals surface area contributed by atoms with Crippen LogP contribution >= 0.6 is 0 Å². The number of amides is 1. The Bertz CT molecular complexity index is 1250. The van der Waals surface area contributed by atoms with Gasteiger partial charge in [0.05, 0.1) is 25.4 Å². The van der Waals surface area contributed by atoms with Gasteiger partial charge in [-0.25, -0.2) is 0 Å². The van der Waals surface area contributed by atoms with E-state index in [2.05, 4.69) is 55.6 Å². The van der Waals surface area contributed by atoms with Gasteiger partial charge in [-0.1, -0.05) is 320 Å². The molecular weight excluding hydrogens is 947 g/mol. The van der Waals surface area contributed by atoms with E-state index >= 15 is 0 Å². The van der Waals surface area contributed by atoms with Crippen molar-refractivity contribution in [2.75, 3.05) is 13.2 Å². The maximum atomic E-state index is 12.5. The summed E-state index contributed by atoms with van der Waals surface area (Å²) in [6.45, 7) is 4.95. The number of nitrogens with one attached hydrogen (secondary N) is 1. The fourth-order valence-corrected chi connectivity index (χ4v) is 10.8. The Kier molecular flexibility index (Phi) is 64.9. The molecule has 0 aromatic carbocycles. The van der Waals surface area contributed by atoms with Crippen LogP contribution in [0.25, 0.3) is 0 Å². The lowest BCUT2D eigenvalue weighted by molar-refractivity contribution is -0.143. The Labute approximate surface area is 481 Å². The average Bonchev–Trinajstić information content (AvgIpc) is 3.43. The summed E-state index contributed by atoms with van der Waals surface area (Å²) in [5, 5.41) is 23.4. The van der Waals surface area contributed by atoms with Gasteiger partial charge in [0.25, 0.3) is 0 Å². The van der Waals surface area contributed by atoms with Gasteiger partial charge in [-0.2, -0.15) is 0 Å². The lowest BCUT2D eigenvalue weighted by atomic mass is 10.0. The van der Waals surface area contributed by atoms with Crippen molar-refractivity contribution in [3.63, 3.8) is 0 Å².